The zero-order chi connectivity index (χ0) is 16.2. The summed E-state index contributed by atoms with van der Waals surface area (Å²) in [5.74, 6) is 0.202. The third-order valence-corrected chi connectivity index (χ3v) is 5.16. The zero-order valence-corrected chi connectivity index (χ0v) is 14.5. The minimum Gasteiger partial charge on any atom is -0.300 e. The Labute approximate surface area is 142 Å². The monoisotopic (exact) mass is 344 g/mol. The third-order valence-electron chi connectivity index (χ3n) is 3.27. The fourth-order valence-electron chi connectivity index (χ4n) is 2.13. The van der Waals surface area contributed by atoms with E-state index >= 15 is 0 Å². The van der Waals surface area contributed by atoms with Gasteiger partial charge in [0.2, 0.25) is 11.0 Å². The van der Waals surface area contributed by atoms with Gasteiger partial charge in [-0.25, -0.2) is 4.98 Å². The van der Waals surface area contributed by atoms with Crippen LogP contribution in [0.5, 0.6) is 0 Å². The maximum Gasteiger partial charge on any atom is 0.236 e. The van der Waals surface area contributed by atoms with Crippen LogP contribution in [0, 0.1) is 6.92 Å². The molecule has 2 aromatic heterocycles. The molecule has 0 atom stereocenters. The van der Waals surface area contributed by atoms with E-state index in [2.05, 4.69) is 33.5 Å². The second kappa shape index (κ2) is 7.06. The summed E-state index contributed by atoms with van der Waals surface area (Å²) in [4.78, 5) is 16.6. The maximum atomic E-state index is 12.0. The summed E-state index contributed by atoms with van der Waals surface area (Å²) in [6, 6.07) is 10.0. The van der Waals surface area contributed by atoms with Gasteiger partial charge < -0.3 is 0 Å². The fraction of sp³-hybridized carbons (Fsp3) is 0.250. The minimum atomic E-state index is -0.0959. The molecule has 1 amide bonds. The molecule has 1 aromatic carbocycles. The number of anilines is 1. The van der Waals surface area contributed by atoms with Crippen LogP contribution in [0.2, 0.25) is 0 Å². The first-order valence-corrected chi connectivity index (χ1v) is 9.07. The summed E-state index contributed by atoms with van der Waals surface area (Å²) < 4.78 is 0. The molecule has 7 heteroatoms. The van der Waals surface area contributed by atoms with Crippen molar-refractivity contribution in [2.45, 2.75) is 25.3 Å². The van der Waals surface area contributed by atoms with Crippen LogP contribution in [0.1, 0.15) is 17.5 Å². The number of hydrogen-bond donors (Lipinski definition) is 1. The molecule has 0 fully saturated rings. The van der Waals surface area contributed by atoms with Crippen molar-refractivity contribution < 1.29 is 4.79 Å². The Morgan fingerprint density at radius 1 is 1.30 bits per heavy atom. The van der Waals surface area contributed by atoms with Crippen LogP contribution in [-0.4, -0.2) is 26.8 Å². The van der Waals surface area contributed by atoms with E-state index in [1.54, 1.807) is 0 Å². The highest BCUT2D eigenvalue weighted by molar-refractivity contribution is 7.99. The van der Waals surface area contributed by atoms with Crippen LogP contribution in [0.4, 0.5) is 5.13 Å². The molecule has 0 radical (unpaired) electrons. The number of benzene rings is 1. The molecular formula is C16H16N4OS2. The van der Waals surface area contributed by atoms with Crippen LogP contribution in [-0.2, 0) is 11.2 Å². The summed E-state index contributed by atoms with van der Waals surface area (Å²) in [6.45, 7) is 4.07. The van der Waals surface area contributed by atoms with Crippen molar-refractivity contribution in [1.82, 2.24) is 15.2 Å². The van der Waals surface area contributed by atoms with E-state index in [1.807, 2.05) is 31.2 Å². The van der Waals surface area contributed by atoms with E-state index in [0.717, 1.165) is 32.9 Å². The topological polar surface area (TPSA) is 67.8 Å². The molecule has 118 valence electrons. The molecule has 0 saturated carbocycles. The van der Waals surface area contributed by atoms with Gasteiger partial charge >= 0.3 is 0 Å². The van der Waals surface area contributed by atoms with Gasteiger partial charge in [-0.1, -0.05) is 48.2 Å². The number of hydrogen-bond acceptors (Lipinski definition) is 6. The summed E-state index contributed by atoms with van der Waals surface area (Å²) in [6.07, 6.45) is 0.822. The number of pyridine rings is 1. The molecule has 3 aromatic rings. The number of para-hydroxylation sites is 1. The molecular weight excluding hydrogens is 328 g/mol. The van der Waals surface area contributed by atoms with E-state index in [1.165, 1.54) is 23.1 Å². The van der Waals surface area contributed by atoms with Crippen molar-refractivity contribution in [3.8, 4) is 0 Å². The number of aromatic nitrogens is 3. The van der Waals surface area contributed by atoms with Crippen LogP contribution < -0.4 is 5.32 Å². The molecule has 23 heavy (non-hydrogen) atoms. The molecule has 0 aliphatic heterocycles. The van der Waals surface area contributed by atoms with E-state index < -0.39 is 0 Å². The largest absolute Gasteiger partial charge is 0.300 e. The van der Waals surface area contributed by atoms with Gasteiger partial charge in [-0.05, 0) is 31.0 Å². The first kappa shape index (κ1) is 15.9. The van der Waals surface area contributed by atoms with Crippen LogP contribution in [0.15, 0.2) is 35.4 Å². The van der Waals surface area contributed by atoms with Crippen LogP contribution >= 0.6 is 23.1 Å². The Hall–Kier alpha value is -1.99. The van der Waals surface area contributed by atoms with Gasteiger partial charge in [0.1, 0.15) is 5.01 Å². The summed E-state index contributed by atoms with van der Waals surface area (Å²) in [5, 5.41) is 14.2. The second-order valence-corrected chi connectivity index (χ2v) is 7.04. The molecule has 0 unspecified atom stereocenters. The molecule has 5 nitrogen and oxygen atoms in total. The van der Waals surface area contributed by atoms with Gasteiger partial charge in [-0.15, -0.1) is 10.2 Å². The van der Waals surface area contributed by atoms with Crippen molar-refractivity contribution >= 4 is 45.0 Å². The fourth-order valence-corrected chi connectivity index (χ4v) is 3.60. The zero-order valence-electron chi connectivity index (χ0n) is 12.9. The van der Waals surface area contributed by atoms with Crippen molar-refractivity contribution in [3.63, 3.8) is 0 Å². The Morgan fingerprint density at radius 3 is 2.91 bits per heavy atom. The second-order valence-electron chi connectivity index (χ2n) is 4.99. The predicted octanol–water partition coefficient (Wildman–Crippen LogP) is 3.69. The maximum absolute atomic E-state index is 12.0. The lowest BCUT2D eigenvalue weighted by Gasteiger charge is -2.06. The summed E-state index contributed by atoms with van der Waals surface area (Å²) in [5.41, 5.74) is 2.11. The number of fused-ring (bicyclic) bond motifs is 1. The number of thioether (sulfide) groups is 1. The predicted molar refractivity (Wildman–Crippen MR) is 95.1 cm³/mol. The molecule has 2 heterocycles. The number of aryl methyl sites for hydroxylation is 2. The average Bonchev–Trinajstić information content (AvgIpc) is 3.00. The lowest BCUT2D eigenvalue weighted by molar-refractivity contribution is -0.113. The third kappa shape index (κ3) is 3.86. The lowest BCUT2D eigenvalue weighted by Crippen LogP contribution is -2.13. The van der Waals surface area contributed by atoms with Gasteiger partial charge in [0.25, 0.3) is 0 Å². The molecule has 3 rings (SSSR count). The Kier molecular flexibility index (Phi) is 4.88. The highest BCUT2D eigenvalue weighted by Crippen LogP contribution is 2.24. The van der Waals surface area contributed by atoms with Crippen molar-refractivity contribution in [1.29, 1.82) is 0 Å². The van der Waals surface area contributed by atoms with Crippen molar-refractivity contribution in [2.24, 2.45) is 0 Å². The quantitative estimate of drug-likeness (QED) is 0.715. The Bertz CT molecular complexity index is 847. The lowest BCUT2D eigenvalue weighted by atomic mass is 10.1. The highest BCUT2D eigenvalue weighted by atomic mass is 32.2. The smallest absolute Gasteiger partial charge is 0.236 e. The molecule has 0 aliphatic carbocycles. The SMILES string of the molecule is CCc1nnc(NC(=O)CSc2cc(C)c3ccccc3n2)s1. The standard InChI is InChI=1S/C16H16N4OS2/c1-3-14-19-20-16(23-14)18-13(21)9-22-15-8-10(2)11-6-4-5-7-12(11)17-15/h4-8H,3,9H2,1-2H3,(H,18,20,21). The highest BCUT2D eigenvalue weighted by Gasteiger charge is 2.09. The molecule has 0 saturated heterocycles. The molecule has 0 bridgehead atoms. The summed E-state index contributed by atoms with van der Waals surface area (Å²) in [7, 11) is 0. The number of rotatable bonds is 5. The Morgan fingerprint density at radius 2 is 2.13 bits per heavy atom. The van der Waals surface area contributed by atoms with E-state index in [0.29, 0.717) is 10.9 Å². The molecule has 0 spiro atoms. The summed E-state index contributed by atoms with van der Waals surface area (Å²) >= 11 is 2.83. The first-order chi connectivity index (χ1) is 11.2. The van der Waals surface area contributed by atoms with Gasteiger partial charge in [0.05, 0.1) is 16.3 Å². The van der Waals surface area contributed by atoms with Gasteiger partial charge in [0.15, 0.2) is 0 Å². The van der Waals surface area contributed by atoms with Crippen LogP contribution in [0.3, 0.4) is 0 Å². The molecule has 0 aliphatic rings. The average molecular weight is 344 g/mol. The normalized spacial score (nSPS) is 10.9. The minimum absolute atomic E-state index is 0.0959. The van der Waals surface area contributed by atoms with Gasteiger partial charge in [-0.3, -0.25) is 10.1 Å². The van der Waals surface area contributed by atoms with E-state index in [4.69, 9.17) is 0 Å². The van der Waals surface area contributed by atoms with E-state index in [-0.39, 0.29) is 5.91 Å². The molecule has 1 N–H and O–H groups in total. The number of nitrogens with zero attached hydrogens (tertiary/aromatic N) is 3. The van der Waals surface area contributed by atoms with Crippen molar-refractivity contribution in [3.05, 3.63) is 40.9 Å². The number of carbonyl (C=O) groups excluding carboxylic acids is 1. The first-order valence-electron chi connectivity index (χ1n) is 7.27. The van der Waals surface area contributed by atoms with Gasteiger partial charge in [0, 0.05) is 5.39 Å². The Balaban J connectivity index is 1.64. The number of carbonyl (C=O) groups is 1. The van der Waals surface area contributed by atoms with Crippen LogP contribution in [0.25, 0.3) is 10.9 Å². The van der Waals surface area contributed by atoms with Gasteiger partial charge in [-0.2, -0.15) is 0 Å². The van der Waals surface area contributed by atoms with E-state index in [9.17, 15) is 4.79 Å². The van der Waals surface area contributed by atoms with Crippen molar-refractivity contribution in [2.75, 3.05) is 11.1 Å². The number of amides is 1. The number of nitrogens with one attached hydrogen (secondary N) is 1.